The summed E-state index contributed by atoms with van der Waals surface area (Å²) in [6.07, 6.45) is 3.32. The smallest absolute Gasteiger partial charge is 0.277 e. The minimum absolute atomic E-state index is 0.0356. The number of Topliss-reactive ketones (excluding diaryl/α,β-unsaturated/α-hetero) is 1. The van der Waals surface area contributed by atoms with Gasteiger partial charge in [-0.1, -0.05) is 85.5 Å². The maximum atomic E-state index is 12.3. The van der Waals surface area contributed by atoms with E-state index in [4.69, 9.17) is 9.47 Å². The fourth-order valence-electron chi connectivity index (χ4n) is 4.50. The molecule has 0 aliphatic carbocycles. The lowest BCUT2D eigenvalue weighted by atomic mass is 9.71. The molecule has 1 amide bonds. The van der Waals surface area contributed by atoms with Crippen molar-refractivity contribution < 1.29 is 19.1 Å². The van der Waals surface area contributed by atoms with Crippen molar-refractivity contribution in [2.75, 3.05) is 19.8 Å². The van der Waals surface area contributed by atoms with Crippen molar-refractivity contribution in [3.63, 3.8) is 0 Å². The Morgan fingerprint density at radius 1 is 0.786 bits per heavy atom. The van der Waals surface area contributed by atoms with E-state index in [1.54, 1.807) is 12.3 Å². The van der Waals surface area contributed by atoms with E-state index in [9.17, 15) is 9.59 Å². The first-order chi connectivity index (χ1) is 20.4. The molecule has 7 heteroatoms. The first kappa shape index (κ1) is 29.7. The summed E-state index contributed by atoms with van der Waals surface area (Å²) < 4.78 is 11.3. The van der Waals surface area contributed by atoms with Crippen LogP contribution in [0.15, 0.2) is 120 Å². The van der Waals surface area contributed by atoms with Crippen LogP contribution in [0.1, 0.15) is 34.7 Å². The third kappa shape index (κ3) is 7.67. The number of amides is 1. The van der Waals surface area contributed by atoms with Crippen molar-refractivity contribution in [1.82, 2.24) is 5.43 Å². The Balaban J connectivity index is 1.43. The Kier molecular flexibility index (Phi) is 10.2. The van der Waals surface area contributed by atoms with Gasteiger partial charge >= 0.3 is 0 Å². The summed E-state index contributed by atoms with van der Waals surface area (Å²) in [7, 11) is 0. The molecule has 0 heterocycles. The van der Waals surface area contributed by atoms with Gasteiger partial charge in [-0.3, -0.25) is 14.6 Å². The van der Waals surface area contributed by atoms with E-state index in [2.05, 4.69) is 47.9 Å². The number of hydrogen-bond acceptors (Lipinski definition) is 6. The summed E-state index contributed by atoms with van der Waals surface area (Å²) in [5, 5.41) is 4.01. The van der Waals surface area contributed by atoms with Crippen LogP contribution in [0.5, 0.6) is 11.5 Å². The SMILES string of the molecule is C=Cc1cccc(C=NNC(=O)COc2ccc(C(C)(c3ccccc3)c3ccc(OCC(=O)CN=C)cc3)cc2)c1. The predicted octanol–water partition coefficient (Wildman–Crippen LogP) is 5.86. The average molecular weight is 560 g/mol. The van der Waals surface area contributed by atoms with Crippen LogP contribution in [-0.2, 0) is 15.0 Å². The minimum Gasteiger partial charge on any atom is -0.486 e. The van der Waals surface area contributed by atoms with E-state index in [1.807, 2.05) is 91.0 Å². The van der Waals surface area contributed by atoms with Gasteiger partial charge in [0.25, 0.3) is 5.91 Å². The largest absolute Gasteiger partial charge is 0.486 e. The number of rotatable bonds is 14. The van der Waals surface area contributed by atoms with Crippen LogP contribution in [0.2, 0.25) is 0 Å². The van der Waals surface area contributed by atoms with E-state index in [-0.39, 0.29) is 31.4 Å². The highest BCUT2D eigenvalue weighted by Gasteiger charge is 2.31. The molecule has 0 aliphatic rings. The average Bonchev–Trinajstić information content (AvgIpc) is 3.03. The molecule has 0 aliphatic heterocycles. The van der Waals surface area contributed by atoms with Crippen molar-refractivity contribution in [2.24, 2.45) is 10.1 Å². The van der Waals surface area contributed by atoms with Gasteiger partial charge in [0.1, 0.15) is 24.7 Å². The summed E-state index contributed by atoms with van der Waals surface area (Å²) in [4.78, 5) is 27.6. The summed E-state index contributed by atoms with van der Waals surface area (Å²) in [5.74, 6) is 0.664. The van der Waals surface area contributed by atoms with Crippen molar-refractivity contribution in [2.45, 2.75) is 12.3 Å². The molecular weight excluding hydrogens is 526 g/mol. The molecular formula is C35H33N3O4. The zero-order valence-corrected chi connectivity index (χ0v) is 23.5. The van der Waals surface area contributed by atoms with Gasteiger partial charge in [0.15, 0.2) is 12.4 Å². The normalized spacial score (nSPS) is 12.2. The van der Waals surface area contributed by atoms with Crippen molar-refractivity contribution in [3.8, 4) is 11.5 Å². The monoisotopic (exact) mass is 559 g/mol. The molecule has 4 aromatic carbocycles. The van der Waals surface area contributed by atoms with Crippen molar-refractivity contribution >= 4 is 30.7 Å². The topological polar surface area (TPSA) is 89.4 Å². The molecule has 212 valence electrons. The minimum atomic E-state index is -0.490. The molecule has 7 nitrogen and oxygen atoms in total. The fourth-order valence-corrected chi connectivity index (χ4v) is 4.50. The van der Waals surface area contributed by atoms with Crippen LogP contribution in [0, 0.1) is 0 Å². The third-order valence-electron chi connectivity index (χ3n) is 6.82. The van der Waals surface area contributed by atoms with Gasteiger partial charge in [-0.05, 0) is 71.8 Å². The van der Waals surface area contributed by atoms with E-state index >= 15 is 0 Å². The molecule has 1 atom stereocenters. The van der Waals surface area contributed by atoms with Crippen LogP contribution >= 0.6 is 0 Å². The van der Waals surface area contributed by atoms with Crippen LogP contribution in [0.3, 0.4) is 0 Å². The number of hydrazone groups is 1. The molecule has 0 fully saturated rings. The molecule has 0 bridgehead atoms. The number of ether oxygens (including phenoxy) is 2. The third-order valence-corrected chi connectivity index (χ3v) is 6.82. The zero-order valence-electron chi connectivity index (χ0n) is 23.5. The summed E-state index contributed by atoms with van der Waals surface area (Å²) >= 11 is 0. The van der Waals surface area contributed by atoms with Gasteiger partial charge < -0.3 is 9.47 Å². The second kappa shape index (κ2) is 14.4. The fraction of sp³-hybridized carbons (Fsp3) is 0.143. The first-order valence-electron chi connectivity index (χ1n) is 13.4. The predicted molar refractivity (Wildman–Crippen MR) is 168 cm³/mol. The van der Waals surface area contributed by atoms with Crippen LogP contribution < -0.4 is 14.9 Å². The van der Waals surface area contributed by atoms with E-state index in [0.29, 0.717) is 11.5 Å². The number of ketones is 1. The second-order valence-corrected chi connectivity index (χ2v) is 9.70. The Morgan fingerprint density at radius 3 is 1.95 bits per heavy atom. The first-order valence-corrected chi connectivity index (χ1v) is 13.4. The summed E-state index contributed by atoms with van der Waals surface area (Å²) in [5.41, 5.74) is 7.01. The van der Waals surface area contributed by atoms with Gasteiger partial charge in [-0.2, -0.15) is 5.10 Å². The van der Waals surface area contributed by atoms with E-state index in [0.717, 1.165) is 27.8 Å². The second-order valence-electron chi connectivity index (χ2n) is 9.70. The standard InChI is InChI=1S/C35H33N3O4/c1-4-26-9-8-10-27(21-26)22-37-38-34(40)25-42-33-19-15-30(16-20-33)35(2,28-11-6-5-7-12-28)29-13-17-32(18-14-29)41-24-31(39)23-36-3/h4-22H,1,3,23-25H2,2H3,(H,38,40). The maximum Gasteiger partial charge on any atom is 0.277 e. The number of carbonyl (C=O) groups excluding carboxylic acids is 2. The van der Waals surface area contributed by atoms with Gasteiger partial charge in [-0.25, -0.2) is 5.43 Å². The van der Waals surface area contributed by atoms with E-state index < -0.39 is 5.41 Å². The van der Waals surface area contributed by atoms with Gasteiger partial charge in [-0.15, -0.1) is 0 Å². The molecule has 4 aromatic rings. The molecule has 42 heavy (non-hydrogen) atoms. The van der Waals surface area contributed by atoms with Gasteiger partial charge in [0.05, 0.1) is 6.21 Å². The highest BCUT2D eigenvalue weighted by molar-refractivity contribution is 5.83. The zero-order chi connectivity index (χ0) is 29.8. The molecule has 0 aromatic heterocycles. The number of hydrogen-bond donors (Lipinski definition) is 1. The molecule has 0 saturated carbocycles. The van der Waals surface area contributed by atoms with Crippen LogP contribution in [0.4, 0.5) is 0 Å². The Bertz CT molecular complexity index is 1550. The van der Waals surface area contributed by atoms with Crippen LogP contribution in [-0.4, -0.2) is 44.4 Å². The number of benzene rings is 4. The number of aliphatic imine (C=N–C) groups is 1. The van der Waals surface area contributed by atoms with Gasteiger partial charge in [0.2, 0.25) is 0 Å². The van der Waals surface area contributed by atoms with Crippen molar-refractivity contribution in [1.29, 1.82) is 0 Å². The number of nitrogens with one attached hydrogen (secondary N) is 1. The molecule has 1 N–H and O–H groups in total. The quantitative estimate of drug-likeness (QED) is 0.119. The van der Waals surface area contributed by atoms with E-state index in [1.165, 1.54) is 0 Å². The lowest BCUT2D eigenvalue weighted by Gasteiger charge is -2.32. The molecule has 0 spiro atoms. The molecule has 0 saturated heterocycles. The maximum absolute atomic E-state index is 12.3. The summed E-state index contributed by atoms with van der Waals surface area (Å²) in [6.45, 7) is 9.06. The molecule has 4 rings (SSSR count). The van der Waals surface area contributed by atoms with Crippen molar-refractivity contribution in [3.05, 3.63) is 138 Å². The molecule has 1 unspecified atom stereocenters. The highest BCUT2D eigenvalue weighted by atomic mass is 16.5. The highest BCUT2D eigenvalue weighted by Crippen LogP contribution is 2.39. The van der Waals surface area contributed by atoms with Crippen LogP contribution in [0.25, 0.3) is 6.08 Å². The number of carbonyl (C=O) groups is 2. The molecule has 0 radical (unpaired) electrons. The Hall–Kier alpha value is -5.30. The lowest BCUT2D eigenvalue weighted by Crippen LogP contribution is -2.26. The Labute approximate surface area is 246 Å². The lowest BCUT2D eigenvalue weighted by molar-refractivity contribution is -0.123. The number of nitrogens with zero attached hydrogens (tertiary/aromatic N) is 2. The summed E-state index contributed by atoms with van der Waals surface area (Å²) in [6, 6.07) is 33.2. The van der Waals surface area contributed by atoms with Gasteiger partial charge in [0, 0.05) is 5.41 Å². The Morgan fingerprint density at radius 2 is 1.36 bits per heavy atom.